The monoisotopic (exact) mass is 440 g/mol. The van der Waals surface area contributed by atoms with E-state index in [2.05, 4.69) is 25.5 Å². The topological polar surface area (TPSA) is 106 Å². The molecule has 3 heterocycles. The summed E-state index contributed by atoms with van der Waals surface area (Å²) in [6.07, 6.45) is 1.58. The maximum Gasteiger partial charge on any atom is 0.263 e. The normalized spacial score (nSPS) is 11.0. The molecule has 1 amide bonds. The molecule has 4 aromatic rings. The van der Waals surface area contributed by atoms with Crippen LogP contribution in [-0.4, -0.2) is 36.4 Å². The molecule has 3 aromatic heterocycles. The van der Waals surface area contributed by atoms with Gasteiger partial charge in [-0.1, -0.05) is 41.6 Å². The van der Waals surface area contributed by atoms with Crippen molar-refractivity contribution in [2.45, 2.75) is 18.6 Å². The minimum absolute atomic E-state index is 0.0548. The predicted molar refractivity (Wildman–Crippen MR) is 117 cm³/mol. The second kappa shape index (κ2) is 8.68. The molecule has 0 atom stereocenters. The first-order valence-corrected chi connectivity index (χ1v) is 10.4. The number of hydrogen-bond acceptors (Lipinski definition) is 6. The molecule has 0 fully saturated rings. The number of aromatic amines is 1. The van der Waals surface area contributed by atoms with E-state index >= 15 is 0 Å². The molecule has 0 aliphatic carbocycles. The number of nitrogens with one attached hydrogen (secondary N) is 2. The average Bonchev–Trinajstić information content (AvgIpc) is 3.14. The van der Waals surface area contributed by atoms with Gasteiger partial charge in [0.1, 0.15) is 0 Å². The van der Waals surface area contributed by atoms with E-state index in [9.17, 15) is 9.59 Å². The summed E-state index contributed by atoms with van der Waals surface area (Å²) < 4.78 is 1.52. The molecule has 0 unspecified atom stereocenters. The van der Waals surface area contributed by atoms with Crippen LogP contribution in [-0.2, 0) is 11.3 Å². The SMILES string of the molecule is Cc1cc(NC(=O)CSc2nc3ncccc3c(=O)n2Cc2ccccc2Cl)n[nH]1. The van der Waals surface area contributed by atoms with E-state index in [0.717, 1.165) is 23.0 Å². The molecular formula is C20H17ClN6O2S. The number of aryl methyl sites for hydroxylation is 1. The second-order valence-electron chi connectivity index (χ2n) is 6.52. The van der Waals surface area contributed by atoms with Crippen LogP contribution in [0.25, 0.3) is 11.0 Å². The van der Waals surface area contributed by atoms with Crippen molar-refractivity contribution in [2.75, 3.05) is 11.1 Å². The maximum atomic E-state index is 13.1. The fourth-order valence-corrected chi connectivity index (χ4v) is 3.86. The zero-order valence-corrected chi connectivity index (χ0v) is 17.5. The van der Waals surface area contributed by atoms with E-state index in [-0.39, 0.29) is 23.8 Å². The molecule has 0 saturated heterocycles. The number of halogens is 1. The number of thioether (sulfide) groups is 1. The standard InChI is InChI=1S/C20H17ClN6O2S/c1-12-9-16(26-25-12)23-17(28)11-30-20-24-18-14(6-4-8-22-18)19(29)27(20)10-13-5-2-3-7-15(13)21/h2-9H,10-11H2,1H3,(H2,23,25,26,28). The van der Waals surface area contributed by atoms with E-state index < -0.39 is 0 Å². The van der Waals surface area contributed by atoms with Gasteiger partial charge in [-0.05, 0) is 30.7 Å². The Bertz CT molecular complexity index is 1290. The Kier molecular flexibility index (Phi) is 5.82. The molecule has 10 heteroatoms. The zero-order valence-electron chi connectivity index (χ0n) is 15.9. The van der Waals surface area contributed by atoms with Gasteiger partial charge in [0.15, 0.2) is 16.6 Å². The van der Waals surface area contributed by atoms with Crippen molar-refractivity contribution in [1.29, 1.82) is 0 Å². The van der Waals surface area contributed by atoms with Gasteiger partial charge in [-0.15, -0.1) is 0 Å². The van der Waals surface area contributed by atoms with Crippen LogP contribution in [0.3, 0.4) is 0 Å². The highest BCUT2D eigenvalue weighted by molar-refractivity contribution is 7.99. The molecule has 2 N–H and O–H groups in total. The van der Waals surface area contributed by atoms with Gasteiger partial charge in [0, 0.05) is 23.0 Å². The summed E-state index contributed by atoms with van der Waals surface area (Å²) in [5.41, 5.74) is 1.72. The van der Waals surface area contributed by atoms with Crippen LogP contribution >= 0.6 is 23.4 Å². The van der Waals surface area contributed by atoms with E-state index in [1.165, 1.54) is 4.57 Å². The van der Waals surface area contributed by atoms with Crippen LogP contribution in [0.2, 0.25) is 5.02 Å². The first-order valence-electron chi connectivity index (χ1n) is 9.05. The van der Waals surface area contributed by atoms with E-state index in [0.29, 0.717) is 27.0 Å². The Balaban J connectivity index is 1.64. The molecule has 0 aliphatic heterocycles. The number of amides is 1. The number of anilines is 1. The van der Waals surface area contributed by atoms with Crippen LogP contribution in [0.5, 0.6) is 0 Å². The fraction of sp³-hybridized carbons (Fsp3) is 0.150. The molecule has 0 spiro atoms. The Hall–Kier alpha value is -3.17. The fourth-order valence-electron chi connectivity index (χ4n) is 2.87. The van der Waals surface area contributed by atoms with Gasteiger partial charge in [-0.3, -0.25) is 19.3 Å². The molecule has 0 saturated carbocycles. The van der Waals surface area contributed by atoms with Gasteiger partial charge in [-0.2, -0.15) is 5.10 Å². The molecule has 152 valence electrons. The Labute approximate surface area is 180 Å². The Morgan fingerprint density at radius 3 is 2.87 bits per heavy atom. The lowest BCUT2D eigenvalue weighted by molar-refractivity contribution is -0.113. The Morgan fingerprint density at radius 1 is 1.27 bits per heavy atom. The van der Waals surface area contributed by atoms with Crippen LogP contribution in [0.15, 0.2) is 58.6 Å². The Morgan fingerprint density at radius 2 is 2.10 bits per heavy atom. The number of carbonyl (C=O) groups excluding carboxylic acids is 1. The molecule has 4 rings (SSSR count). The first kappa shape index (κ1) is 20.1. The quantitative estimate of drug-likeness (QED) is 0.352. The van der Waals surface area contributed by atoms with Gasteiger partial charge in [0.2, 0.25) is 5.91 Å². The van der Waals surface area contributed by atoms with Crippen LogP contribution < -0.4 is 10.9 Å². The zero-order chi connectivity index (χ0) is 21.1. The molecule has 30 heavy (non-hydrogen) atoms. The van der Waals surface area contributed by atoms with Crippen molar-refractivity contribution < 1.29 is 4.79 Å². The third-order valence-electron chi connectivity index (χ3n) is 4.29. The molecule has 0 radical (unpaired) electrons. The van der Waals surface area contributed by atoms with Gasteiger partial charge >= 0.3 is 0 Å². The van der Waals surface area contributed by atoms with Crippen LogP contribution in [0, 0.1) is 6.92 Å². The minimum Gasteiger partial charge on any atom is -0.308 e. The van der Waals surface area contributed by atoms with Crippen molar-refractivity contribution in [3.05, 3.63) is 75.3 Å². The lowest BCUT2D eigenvalue weighted by Gasteiger charge is -2.13. The van der Waals surface area contributed by atoms with Crippen molar-refractivity contribution in [3.63, 3.8) is 0 Å². The summed E-state index contributed by atoms with van der Waals surface area (Å²) in [5.74, 6) is 0.241. The van der Waals surface area contributed by atoms with Gasteiger partial charge in [0.05, 0.1) is 17.7 Å². The van der Waals surface area contributed by atoms with Crippen LogP contribution in [0.4, 0.5) is 5.82 Å². The van der Waals surface area contributed by atoms with E-state index in [1.807, 2.05) is 25.1 Å². The van der Waals surface area contributed by atoms with Crippen LogP contribution in [0.1, 0.15) is 11.3 Å². The molecule has 0 aliphatic rings. The highest BCUT2D eigenvalue weighted by Crippen LogP contribution is 2.21. The first-order chi connectivity index (χ1) is 14.5. The van der Waals surface area contributed by atoms with Crippen molar-refractivity contribution >= 4 is 46.1 Å². The number of carbonyl (C=O) groups is 1. The van der Waals surface area contributed by atoms with Gasteiger partial charge in [-0.25, -0.2) is 9.97 Å². The van der Waals surface area contributed by atoms with Crippen molar-refractivity contribution in [3.8, 4) is 0 Å². The van der Waals surface area contributed by atoms with Gasteiger partial charge in [0.25, 0.3) is 5.56 Å². The highest BCUT2D eigenvalue weighted by Gasteiger charge is 2.15. The minimum atomic E-state index is -0.258. The number of benzene rings is 1. The number of pyridine rings is 1. The number of nitrogens with zero attached hydrogens (tertiary/aromatic N) is 4. The third kappa shape index (κ3) is 4.37. The third-order valence-corrected chi connectivity index (χ3v) is 5.63. The summed E-state index contributed by atoms with van der Waals surface area (Å²) in [5, 5.41) is 10.8. The largest absolute Gasteiger partial charge is 0.308 e. The molecule has 8 nitrogen and oxygen atoms in total. The number of H-pyrrole nitrogens is 1. The van der Waals surface area contributed by atoms with Crippen molar-refractivity contribution in [1.82, 2.24) is 24.7 Å². The molecule has 0 bridgehead atoms. The maximum absolute atomic E-state index is 13.1. The summed E-state index contributed by atoms with van der Waals surface area (Å²) in [6.45, 7) is 2.08. The summed E-state index contributed by atoms with van der Waals surface area (Å²) in [4.78, 5) is 34.1. The van der Waals surface area contributed by atoms with E-state index in [4.69, 9.17) is 11.6 Å². The van der Waals surface area contributed by atoms with Crippen molar-refractivity contribution in [2.24, 2.45) is 0 Å². The highest BCUT2D eigenvalue weighted by atomic mass is 35.5. The summed E-state index contributed by atoms with van der Waals surface area (Å²) >= 11 is 7.44. The van der Waals surface area contributed by atoms with Gasteiger partial charge < -0.3 is 5.32 Å². The lowest BCUT2D eigenvalue weighted by atomic mass is 10.2. The summed E-state index contributed by atoms with van der Waals surface area (Å²) in [7, 11) is 0. The molecule has 1 aromatic carbocycles. The summed E-state index contributed by atoms with van der Waals surface area (Å²) in [6, 6.07) is 12.4. The second-order valence-corrected chi connectivity index (χ2v) is 7.87. The predicted octanol–water partition coefficient (Wildman–Crippen LogP) is 3.26. The smallest absolute Gasteiger partial charge is 0.263 e. The average molecular weight is 441 g/mol. The molecular weight excluding hydrogens is 424 g/mol. The lowest BCUT2D eigenvalue weighted by Crippen LogP contribution is -2.25. The van der Waals surface area contributed by atoms with E-state index in [1.54, 1.807) is 30.5 Å². The number of fused-ring (bicyclic) bond motifs is 1. The number of rotatable bonds is 6. The number of hydrogen-bond donors (Lipinski definition) is 2. The number of aromatic nitrogens is 5.